The third kappa shape index (κ3) is 3.43. The average molecular weight is 426 g/mol. The molecule has 1 atom stereocenters. The number of thioether (sulfide) groups is 1. The smallest absolute Gasteiger partial charge is 0.416 e. The lowest BCUT2D eigenvalue weighted by Crippen LogP contribution is -2.36. The summed E-state index contributed by atoms with van der Waals surface area (Å²) in [6.45, 7) is 1.94. The van der Waals surface area contributed by atoms with Gasteiger partial charge >= 0.3 is 6.18 Å². The zero-order valence-electron chi connectivity index (χ0n) is 14.9. The van der Waals surface area contributed by atoms with Crippen molar-refractivity contribution in [2.24, 2.45) is 0 Å². The van der Waals surface area contributed by atoms with Gasteiger partial charge in [0.05, 0.1) is 22.8 Å². The fourth-order valence-electron chi connectivity index (χ4n) is 3.01. The SMILES string of the molecule is C#CCN1C(=O)C(C)(SC)c2cc(Oc3ccc(C(F)(F)F)cc3Cl)ccc21. The quantitative estimate of drug-likeness (QED) is 0.588. The van der Waals surface area contributed by atoms with E-state index >= 15 is 0 Å². The topological polar surface area (TPSA) is 29.5 Å². The molecule has 0 fully saturated rings. The lowest BCUT2D eigenvalue weighted by molar-refractivity contribution is -0.137. The molecule has 2 aromatic rings. The Bertz CT molecular complexity index is 986. The van der Waals surface area contributed by atoms with Gasteiger partial charge in [0.1, 0.15) is 16.2 Å². The summed E-state index contributed by atoms with van der Waals surface area (Å²) in [7, 11) is 0. The standard InChI is InChI=1S/C20H15ClF3NO2S/c1-4-9-25-16-7-6-13(11-14(16)19(2,28-3)18(25)26)27-17-8-5-12(10-15(17)21)20(22,23)24/h1,5-8,10-11H,9H2,2-3H3. The molecule has 2 aromatic carbocycles. The molecule has 1 aliphatic heterocycles. The van der Waals surface area contributed by atoms with Crippen LogP contribution in [0.1, 0.15) is 18.1 Å². The first kappa shape index (κ1) is 20.4. The van der Waals surface area contributed by atoms with Crippen molar-refractivity contribution in [3.8, 4) is 23.8 Å². The molecular weight excluding hydrogens is 411 g/mol. The minimum atomic E-state index is -4.49. The van der Waals surface area contributed by atoms with Crippen molar-refractivity contribution in [3.63, 3.8) is 0 Å². The predicted molar refractivity (Wildman–Crippen MR) is 105 cm³/mol. The molecule has 0 aromatic heterocycles. The van der Waals surface area contributed by atoms with E-state index in [-0.39, 0.29) is 23.2 Å². The van der Waals surface area contributed by atoms with Gasteiger partial charge in [0.2, 0.25) is 5.91 Å². The predicted octanol–water partition coefficient (Wildman–Crippen LogP) is 5.71. The Hall–Kier alpha value is -2.30. The van der Waals surface area contributed by atoms with Gasteiger partial charge in [0, 0.05) is 5.56 Å². The summed E-state index contributed by atoms with van der Waals surface area (Å²) < 4.78 is 43.2. The highest BCUT2D eigenvalue weighted by molar-refractivity contribution is 8.00. The van der Waals surface area contributed by atoms with E-state index in [0.717, 1.165) is 17.7 Å². The van der Waals surface area contributed by atoms with Crippen molar-refractivity contribution in [1.29, 1.82) is 0 Å². The maximum absolute atomic E-state index is 12.8. The molecule has 0 bridgehead atoms. The lowest BCUT2D eigenvalue weighted by atomic mass is 10.0. The molecule has 0 saturated carbocycles. The fourth-order valence-corrected chi connectivity index (χ4v) is 3.90. The number of carbonyl (C=O) groups excluding carboxylic acids is 1. The Morgan fingerprint density at radius 3 is 2.57 bits per heavy atom. The number of nitrogens with zero attached hydrogens (tertiary/aromatic N) is 1. The number of alkyl halides is 3. The number of terminal acetylenes is 1. The van der Waals surface area contributed by atoms with Crippen molar-refractivity contribution in [2.45, 2.75) is 17.8 Å². The molecule has 3 rings (SSSR count). The second-order valence-electron chi connectivity index (χ2n) is 6.26. The van der Waals surface area contributed by atoms with Gasteiger partial charge in [-0.25, -0.2) is 0 Å². The highest BCUT2D eigenvalue weighted by atomic mass is 35.5. The molecular formula is C20H15ClF3NO2S. The molecule has 3 nitrogen and oxygen atoms in total. The minimum absolute atomic E-state index is 0.0882. The molecule has 1 heterocycles. The summed E-state index contributed by atoms with van der Waals surface area (Å²) in [5, 5.41) is -0.159. The number of amides is 1. The van der Waals surface area contributed by atoms with Gasteiger partial charge in [-0.1, -0.05) is 17.5 Å². The monoisotopic (exact) mass is 425 g/mol. The van der Waals surface area contributed by atoms with Crippen molar-refractivity contribution < 1.29 is 22.7 Å². The van der Waals surface area contributed by atoms with Crippen LogP contribution in [0.15, 0.2) is 36.4 Å². The summed E-state index contributed by atoms with van der Waals surface area (Å²) in [6, 6.07) is 7.90. The zero-order chi connectivity index (χ0) is 20.7. The molecule has 1 aliphatic rings. The molecule has 8 heteroatoms. The summed E-state index contributed by atoms with van der Waals surface area (Å²) in [5.41, 5.74) is 0.552. The van der Waals surface area contributed by atoms with E-state index in [9.17, 15) is 18.0 Å². The van der Waals surface area contributed by atoms with E-state index in [0.29, 0.717) is 11.4 Å². The van der Waals surface area contributed by atoms with Crippen LogP contribution >= 0.6 is 23.4 Å². The van der Waals surface area contributed by atoms with Crippen LogP contribution in [0.4, 0.5) is 18.9 Å². The minimum Gasteiger partial charge on any atom is -0.456 e. The Morgan fingerprint density at radius 2 is 2.00 bits per heavy atom. The largest absolute Gasteiger partial charge is 0.456 e. The number of hydrogen-bond donors (Lipinski definition) is 0. The van der Waals surface area contributed by atoms with E-state index in [1.807, 2.05) is 6.26 Å². The third-order valence-corrected chi connectivity index (χ3v) is 6.08. The first-order chi connectivity index (χ1) is 13.1. The van der Waals surface area contributed by atoms with Crippen molar-refractivity contribution in [2.75, 3.05) is 17.7 Å². The second-order valence-corrected chi connectivity index (χ2v) is 7.89. The molecule has 0 N–H and O–H groups in total. The summed E-state index contributed by atoms with van der Waals surface area (Å²) in [5.74, 6) is 2.80. The highest BCUT2D eigenvalue weighted by Gasteiger charge is 2.47. The van der Waals surface area contributed by atoms with Crippen molar-refractivity contribution >= 4 is 35.0 Å². The van der Waals surface area contributed by atoms with Crippen molar-refractivity contribution in [1.82, 2.24) is 0 Å². The normalized spacial score (nSPS) is 18.8. The molecule has 1 amide bonds. The van der Waals surface area contributed by atoms with Crippen molar-refractivity contribution in [3.05, 3.63) is 52.5 Å². The zero-order valence-corrected chi connectivity index (χ0v) is 16.5. The van der Waals surface area contributed by atoms with E-state index in [2.05, 4.69) is 5.92 Å². The Kier molecular flexibility index (Phi) is 5.30. The Balaban J connectivity index is 1.97. The number of anilines is 1. The Labute approximate surface area is 169 Å². The number of ether oxygens (including phenoxy) is 1. The van der Waals surface area contributed by atoms with Gasteiger partial charge in [0.25, 0.3) is 0 Å². The summed E-state index contributed by atoms with van der Waals surface area (Å²) >= 11 is 7.33. The van der Waals surface area contributed by atoms with Crippen LogP contribution in [0.3, 0.4) is 0 Å². The van der Waals surface area contributed by atoms with Crippen LogP contribution in [0.25, 0.3) is 0 Å². The molecule has 146 valence electrons. The molecule has 0 radical (unpaired) electrons. The number of hydrogen-bond acceptors (Lipinski definition) is 3. The molecule has 1 unspecified atom stereocenters. The van der Waals surface area contributed by atoms with Gasteiger partial charge in [-0.2, -0.15) is 13.2 Å². The molecule has 28 heavy (non-hydrogen) atoms. The third-order valence-electron chi connectivity index (χ3n) is 4.57. The number of halogens is 4. The summed E-state index contributed by atoms with van der Waals surface area (Å²) in [6.07, 6.45) is 2.71. The van der Waals surface area contributed by atoms with Gasteiger partial charge < -0.3 is 4.74 Å². The van der Waals surface area contributed by atoms with E-state index in [1.165, 1.54) is 22.7 Å². The molecule has 0 aliphatic carbocycles. The van der Waals surface area contributed by atoms with E-state index in [1.54, 1.807) is 25.1 Å². The molecule has 0 saturated heterocycles. The number of rotatable bonds is 4. The highest BCUT2D eigenvalue weighted by Crippen LogP contribution is 2.49. The van der Waals surface area contributed by atoms with Crippen LogP contribution in [0.2, 0.25) is 5.02 Å². The number of benzene rings is 2. The average Bonchev–Trinajstić information content (AvgIpc) is 2.85. The van der Waals surface area contributed by atoms with Crippen LogP contribution < -0.4 is 9.64 Å². The maximum Gasteiger partial charge on any atom is 0.416 e. The maximum atomic E-state index is 12.8. The van der Waals surface area contributed by atoms with Crippen LogP contribution in [0, 0.1) is 12.3 Å². The fraction of sp³-hybridized carbons (Fsp3) is 0.250. The van der Waals surface area contributed by atoms with Crippen LogP contribution in [-0.2, 0) is 15.7 Å². The van der Waals surface area contributed by atoms with Crippen LogP contribution in [0.5, 0.6) is 11.5 Å². The molecule has 0 spiro atoms. The first-order valence-electron chi connectivity index (χ1n) is 8.11. The van der Waals surface area contributed by atoms with Gasteiger partial charge in [-0.15, -0.1) is 18.2 Å². The number of carbonyl (C=O) groups is 1. The summed E-state index contributed by atoms with van der Waals surface area (Å²) in [4.78, 5) is 14.3. The van der Waals surface area contributed by atoms with Gasteiger partial charge in [-0.3, -0.25) is 9.69 Å². The Morgan fingerprint density at radius 1 is 1.29 bits per heavy atom. The second kappa shape index (κ2) is 7.26. The van der Waals surface area contributed by atoms with Gasteiger partial charge in [0.15, 0.2) is 0 Å². The first-order valence-corrected chi connectivity index (χ1v) is 9.72. The van der Waals surface area contributed by atoms with Gasteiger partial charge in [-0.05, 0) is 49.6 Å². The van der Waals surface area contributed by atoms with Crippen LogP contribution in [-0.4, -0.2) is 18.7 Å². The van der Waals surface area contributed by atoms with E-state index < -0.39 is 16.5 Å². The number of fused-ring (bicyclic) bond motifs is 1. The van der Waals surface area contributed by atoms with E-state index in [4.69, 9.17) is 22.8 Å². The lowest BCUT2D eigenvalue weighted by Gasteiger charge is -2.21.